The summed E-state index contributed by atoms with van der Waals surface area (Å²) >= 11 is 0. The molecule has 1 amide bonds. The summed E-state index contributed by atoms with van der Waals surface area (Å²) in [6.45, 7) is 0.752. The van der Waals surface area contributed by atoms with Crippen molar-refractivity contribution in [3.05, 3.63) is 82.4 Å². The third kappa shape index (κ3) is 3.58. The molecule has 0 radical (unpaired) electrons. The Morgan fingerprint density at radius 3 is 2.61 bits per heavy atom. The summed E-state index contributed by atoms with van der Waals surface area (Å²) < 4.78 is 1.31. The van der Waals surface area contributed by atoms with E-state index in [0.717, 1.165) is 36.9 Å². The summed E-state index contributed by atoms with van der Waals surface area (Å²) in [5.41, 5.74) is 3.16. The first kappa shape index (κ1) is 18.1. The van der Waals surface area contributed by atoms with Crippen molar-refractivity contribution in [1.82, 2.24) is 19.7 Å². The minimum atomic E-state index is -0.151. The maximum Gasteiger partial charge on any atom is 0.266 e. The van der Waals surface area contributed by atoms with E-state index in [-0.39, 0.29) is 17.5 Å². The van der Waals surface area contributed by atoms with Gasteiger partial charge in [0.15, 0.2) is 0 Å². The number of benzene rings is 1. The number of amides is 1. The summed E-state index contributed by atoms with van der Waals surface area (Å²) in [5.74, 6) is 0.0357. The number of aromatic nitrogens is 3. The number of nitrogens with zero attached hydrogens (tertiary/aromatic N) is 4. The monoisotopic (exact) mass is 374 g/mol. The smallest absolute Gasteiger partial charge is 0.266 e. The number of piperidine rings is 1. The molecule has 0 N–H and O–H groups in total. The summed E-state index contributed by atoms with van der Waals surface area (Å²) in [4.78, 5) is 30.9. The van der Waals surface area contributed by atoms with Gasteiger partial charge in [-0.25, -0.2) is 4.68 Å². The lowest BCUT2D eigenvalue weighted by Crippen LogP contribution is -2.38. The molecule has 1 fully saturated rings. The van der Waals surface area contributed by atoms with Crippen molar-refractivity contribution in [3.63, 3.8) is 0 Å². The average Bonchev–Trinajstić information content (AvgIpc) is 2.76. The van der Waals surface area contributed by atoms with Gasteiger partial charge in [-0.05, 0) is 49.1 Å². The first-order valence-electron chi connectivity index (χ1n) is 9.49. The van der Waals surface area contributed by atoms with E-state index < -0.39 is 0 Å². The first-order valence-corrected chi connectivity index (χ1v) is 9.49. The van der Waals surface area contributed by atoms with E-state index in [4.69, 9.17) is 0 Å². The minimum Gasteiger partial charge on any atom is -0.332 e. The van der Waals surface area contributed by atoms with E-state index >= 15 is 0 Å². The summed E-state index contributed by atoms with van der Waals surface area (Å²) in [7, 11) is 1.62. The predicted octanol–water partition coefficient (Wildman–Crippen LogP) is 3.21. The van der Waals surface area contributed by atoms with Crippen molar-refractivity contribution in [1.29, 1.82) is 0 Å². The van der Waals surface area contributed by atoms with Crippen LogP contribution in [0.5, 0.6) is 0 Å². The Morgan fingerprint density at radius 1 is 1.07 bits per heavy atom. The number of rotatable bonds is 3. The molecule has 1 aromatic carbocycles. The Balaban J connectivity index is 1.58. The SMILES string of the molecule is Cn1nc(-c2ccc(C(=O)N3CCCC[C@@H]3c3cccnc3)cc2)ccc1=O. The quantitative estimate of drug-likeness (QED) is 0.706. The number of likely N-dealkylation sites (tertiary alicyclic amines) is 1. The zero-order valence-electron chi connectivity index (χ0n) is 15.8. The molecule has 4 rings (SSSR count). The van der Waals surface area contributed by atoms with Gasteiger partial charge < -0.3 is 4.90 Å². The molecule has 0 saturated carbocycles. The number of hydrogen-bond donors (Lipinski definition) is 0. The summed E-state index contributed by atoms with van der Waals surface area (Å²) in [6, 6.07) is 14.6. The largest absolute Gasteiger partial charge is 0.332 e. The molecule has 2 aromatic heterocycles. The maximum atomic E-state index is 13.2. The van der Waals surface area contributed by atoms with E-state index in [0.29, 0.717) is 11.3 Å². The molecular weight excluding hydrogens is 352 g/mol. The van der Waals surface area contributed by atoms with Gasteiger partial charge in [0.05, 0.1) is 11.7 Å². The van der Waals surface area contributed by atoms with Crippen molar-refractivity contribution in [2.75, 3.05) is 6.54 Å². The highest BCUT2D eigenvalue weighted by Crippen LogP contribution is 2.32. The van der Waals surface area contributed by atoms with Gasteiger partial charge in [0, 0.05) is 43.2 Å². The van der Waals surface area contributed by atoms with Crippen LogP contribution in [0.1, 0.15) is 41.2 Å². The molecule has 28 heavy (non-hydrogen) atoms. The molecule has 1 saturated heterocycles. The van der Waals surface area contributed by atoms with Gasteiger partial charge in [0.2, 0.25) is 0 Å². The lowest BCUT2D eigenvalue weighted by Gasteiger charge is -2.36. The third-order valence-corrected chi connectivity index (χ3v) is 5.22. The molecule has 6 nitrogen and oxygen atoms in total. The second-order valence-corrected chi connectivity index (χ2v) is 7.05. The Kier molecular flexibility index (Phi) is 5.02. The van der Waals surface area contributed by atoms with E-state index in [1.54, 1.807) is 19.3 Å². The zero-order valence-corrected chi connectivity index (χ0v) is 15.8. The van der Waals surface area contributed by atoms with Crippen molar-refractivity contribution < 1.29 is 4.79 Å². The van der Waals surface area contributed by atoms with Crippen LogP contribution in [0.25, 0.3) is 11.3 Å². The Labute approximate surface area is 163 Å². The standard InChI is InChI=1S/C22H22N4O2/c1-25-21(27)12-11-19(24-25)16-7-9-17(10-8-16)22(28)26-14-3-2-6-20(26)18-5-4-13-23-15-18/h4-5,7-13,15,20H,2-3,6,14H2,1H3/t20-/m1/s1. The average molecular weight is 374 g/mol. The van der Waals surface area contributed by atoms with Crippen LogP contribution in [-0.4, -0.2) is 32.1 Å². The molecule has 6 heteroatoms. The van der Waals surface area contributed by atoms with Crippen molar-refractivity contribution >= 4 is 5.91 Å². The Hall–Kier alpha value is -3.28. The molecular formula is C22H22N4O2. The fourth-order valence-corrected chi connectivity index (χ4v) is 3.70. The minimum absolute atomic E-state index is 0.0357. The highest BCUT2D eigenvalue weighted by atomic mass is 16.2. The van der Waals surface area contributed by atoms with E-state index in [2.05, 4.69) is 10.1 Å². The van der Waals surface area contributed by atoms with Crippen LogP contribution in [-0.2, 0) is 7.05 Å². The molecule has 3 heterocycles. The second kappa shape index (κ2) is 7.76. The van der Waals surface area contributed by atoms with Gasteiger partial charge in [-0.15, -0.1) is 0 Å². The summed E-state index contributed by atoms with van der Waals surface area (Å²) in [6.07, 6.45) is 6.69. The fraction of sp³-hybridized carbons (Fsp3) is 0.273. The lowest BCUT2D eigenvalue weighted by molar-refractivity contribution is 0.0611. The number of aryl methyl sites for hydroxylation is 1. The van der Waals surface area contributed by atoms with Crippen LogP contribution in [0.4, 0.5) is 0 Å². The maximum absolute atomic E-state index is 13.2. The topological polar surface area (TPSA) is 68.1 Å². The fourth-order valence-electron chi connectivity index (χ4n) is 3.70. The highest BCUT2D eigenvalue weighted by molar-refractivity contribution is 5.95. The number of hydrogen-bond acceptors (Lipinski definition) is 4. The molecule has 1 aliphatic heterocycles. The normalized spacial score (nSPS) is 16.8. The number of pyridine rings is 1. The summed E-state index contributed by atoms with van der Waals surface area (Å²) in [5, 5.41) is 4.26. The van der Waals surface area contributed by atoms with Crippen LogP contribution in [0, 0.1) is 0 Å². The van der Waals surface area contributed by atoms with Gasteiger partial charge in [0.25, 0.3) is 11.5 Å². The molecule has 0 bridgehead atoms. The van der Waals surface area contributed by atoms with Gasteiger partial charge >= 0.3 is 0 Å². The molecule has 3 aromatic rings. The number of carbonyl (C=O) groups excluding carboxylic acids is 1. The molecule has 1 atom stereocenters. The predicted molar refractivity (Wildman–Crippen MR) is 107 cm³/mol. The van der Waals surface area contributed by atoms with Crippen molar-refractivity contribution in [2.45, 2.75) is 25.3 Å². The first-order chi connectivity index (χ1) is 13.6. The zero-order chi connectivity index (χ0) is 19.5. The van der Waals surface area contributed by atoms with Gasteiger partial charge in [-0.3, -0.25) is 14.6 Å². The Bertz CT molecular complexity index is 1030. The van der Waals surface area contributed by atoms with Crippen LogP contribution < -0.4 is 5.56 Å². The Morgan fingerprint density at radius 2 is 1.89 bits per heavy atom. The van der Waals surface area contributed by atoms with E-state index in [9.17, 15) is 9.59 Å². The van der Waals surface area contributed by atoms with Gasteiger partial charge in [0.1, 0.15) is 0 Å². The van der Waals surface area contributed by atoms with Crippen molar-refractivity contribution in [2.24, 2.45) is 7.05 Å². The van der Waals surface area contributed by atoms with Gasteiger partial charge in [-0.1, -0.05) is 18.2 Å². The number of carbonyl (C=O) groups is 1. The van der Waals surface area contributed by atoms with Crippen LogP contribution in [0.15, 0.2) is 65.7 Å². The lowest BCUT2D eigenvalue weighted by atomic mass is 9.95. The van der Waals surface area contributed by atoms with Crippen LogP contribution >= 0.6 is 0 Å². The molecule has 0 aliphatic carbocycles. The highest BCUT2D eigenvalue weighted by Gasteiger charge is 2.28. The second-order valence-electron chi connectivity index (χ2n) is 7.05. The van der Waals surface area contributed by atoms with Crippen molar-refractivity contribution in [3.8, 4) is 11.3 Å². The van der Waals surface area contributed by atoms with E-state index in [1.165, 1.54) is 10.7 Å². The van der Waals surface area contributed by atoms with Crippen LogP contribution in [0.3, 0.4) is 0 Å². The molecule has 0 spiro atoms. The van der Waals surface area contributed by atoms with Gasteiger partial charge in [-0.2, -0.15) is 5.10 Å². The molecule has 1 aliphatic rings. The molecule has 142 valence electrons. The third-order valence-electron chi connectivity index (χ3n) is 5.22. The molecule has 0 unspecified atom stereocenters. The van der Waals surface area contributed by atoms with E-state index in [1.807, 2.05) is 47.5 Å². The van der Waals surface area contributed by atoms with Crippen LogP contribution in [0.2, 0.25) is 0 Å².